The fourth-order valence-corrected chi connectivity index (χ4v) is 3.05. The summed E-state index contributed by atoms with van der Waals surface area (Å²) in [5, 5.41) is 13.9. The van der Waals surface area contributed by atoms with Crippen LogP contribution in [-0.4, -0.2) is 38.8 Å². The summed E-state index contributed by atoms with van der Waals surface area (Å²) in [6.45, 7) is 7.58. The zero-order valence-corrected chi connectivity index (χ0v) is 12.9. The Morgan fingerprint density at radius 3 is 2.95 bits per heavy atom. The van der Waals surface area contributed by atoms with Crippen molar-refractivity contribution in [2.75, 3.05) is 13.1 Å². The highest BCUT2D eigenvalue weighted by Crippen LogP contribution is 2.26. The molecule has 1 N–H and O–H groups in total. The predicted molar refractivity (Wildman–Crippen MR) is 77.9 cm³/mol. The van der Waals surface area contributed by atoms with Gasteiger partial charge in [-0.25, -0.2) is 0 Å². The van der Waals surface area contributed by atoms with E-state index in [9.17, 15) is 4.79 Å². The van der Waals surface area contributed by atoms with E-state index in [0.29, 0.717) is 5.92 Å². The Balaban J connectivity index is 1.93. The Morgan fingerprint density at radius 1 is 1.55 bits per heavy atom. The SMILES string of the molecule is CCn1nc(C)c(Cl)c1CN1CCC(CCC(=O)O)C1. The lowest BCUT2D eigenvalue weighted by Crippen LogP contribution is -2.22. The number of aliphatic carboxylic acids is 1. The van der Waals surface area contributed by atoms with Crippen LogP contribution in [-0.2, 0) is 17.9 Å². The molecule has 1 saturated heterocycles. The molecule has 0 aromatic carbocycles. The van der Waals surface area contributed by atoms with Crippen molar-refractivity contribution in [2.24, 2.45) is 5.92 Å². The molecule has 0 spiro atoms. The number of hydrogen-bond acceptors (Lipinski definition) is 3. The largest absolute Gasteiger partial charge is 0.481 e. The van der Waals surface area contributed by atoms with Crippen LogP contribution in [0.1, 0.15) is 37.6 Å². The fourth-order valence-electron chi connectivity index (χ4n) is 2.85. The number of halogens is 1. The van der Waals surface area contributed by atoms with Crippen molar-refractivity contribution in [3.05, 3.63) is 16.4 Å². The van der Waals surface area contributed by atoms with Crippen LogP contribution >= 0.6 is 11.6 Å². The van der Waals surface area contributed by atoms with E-state index < -0.39 is 5.97 Å². The number of aromatic nitrogens is 2. The highest BCUT2D eigenvalue weighted by molar-refractivity contribution is 6.31. The summed E-state index contributed by atoms with van der Waals surface area (Å²) in [6.07, 6.45) is 2.11. The van der Waals surface area contributed by atoms with Gasteiger partial charge in [-0.15, -0.1) is 0 Å². The van der Waals surface area contributed by atoms with E-state index in [4.69, 9.17) is 16.7 Å². The van der Waals surface area contributed by atoms with Gasteiger partial charge in [-0.2, -0.15) is 5.10 Å². The van der Waals surface area contributed by atoms with Gasteiger partial charge in [-0.05, 0) is 39.2 Å². The number of hydrogen-bond donors (Lipinski definition) is 1. The molecule has 5 nitrogen and oxygen atoms in total. The minimum atomic E-state index is -0.703. The van der Waals surface area contributed by atoms with Gasteiger partial charge in [-0.3, -0.25) is 14.4 Å². The van der Waals surface area contributed by atoms with E-state index in [1.807, 2.05) is 11.6 Å². The number of carbonyl (C=O) groups is 1. The molecule has 6 heteroatoms. The minimum absolute atomic E-state index is 0.269. The molecular formula is C14H22ClN3O2. The van der Waals surface area contributed by atoms with Crippen LogP contribution < -0.4 is 0 Å². The Labute approximate surface area is 124 Å². The van der Waals surface area contributed by atoms with Gasteiger partial charge in [0.25, 0.3) is 0 Å². The Bertz CT molecular complexity index is 487. The van der Waals surface area contributed by atoms with Crippen molar-refractivity contribution in [1.29, 1.82) is 0 Å². The number of likely N-dealkylation sites (tertiary alicyclic amines) is 1. The third-order valence-corrected chi connectivity index (χ3v) is 4.45. The molecule has 1 aliphatic heterocycles. The summed E-state index contributed by atoms with van der Waals surface area (Å²) in [5.74, 6) is -0.213. The number of carboxylic acids is 1. The van der Waals surface area contributed by atoms with Crippen molar-refractivity contribution in [1.82, 2.24) is 14.7 Å². The van der Waals surface area contributed by atoms with Gasteiger partial charge in [0.15, 0.2) is 0 Å². The number of carboxylic acid groups (broad SMARTS) is 1. The third kappa shape index (κ3) is 3.52. The minimum Gasteiger partial charge on any atom is -0.481 e. The van der Waals surface area contributed by atoms with E-state index in [2.05, 4.69) is 16.9 Å². The van der Waals surface area contributed by atoms with E-state index in [1.54, 1.807) is 0 Å². The normalized spacial score (nSPS) is 19.6. The second-order valence-electron chi connectivity index (χ2n) is 5.48. The molecule has 0 saturated carbocycles. The number of aryl methyl sites for hydroxylation is 2. The summed E-state index contributed by atoms with van der Waals surface area (Å²) in [6, 6.07) is 0. The zero-order valence-electron chi connectivity index (χ0n) is 12.1. The first kappa shape index (κ1) is 15.3. The lowest BCUT2D eigenvalue weighted by molar-refractivity contribution is -0.137. The molecule has 1 aromatic rings. The Hall–Kier alpha value is -1.07. The highest BCUT2D eigenvalue weighted by Gasteiger charge is 2.25. The quantitative estimate of drug-likeness (QED) is 0.877. The van der Waals surface area contributed by atoms with E-state index >= 15 is 0 Å². The maximum absolute atomic E-state index is 10.6. The molecule has 0 bridgehead atoms. The first-order valence-electron chi connectivity index (χ1n) is 7.17. The molecule has 1 fully saturated rings. The van der Waals surface area contributed by atoms with Crippen LogP contribution in [0.25, 0.3) is 0 Å². The van der Waals surface area contributed by atoms with Crippen LogP contribution in [0.4, 0.5) is 0 Å². The maximum Gasteiger partial charge on any atom is 0.303 e. The van der Waals surface area contributed by atoms with Gasteiger partial charge in [0.1, 0.15) is 0 Å². The second-order valence-corrected chi connectivity index (χ2v) is 5.86. The van der Waals surface area contributed by atoms with Crippen LogP contribution in [0.3, 0.4) is 0 Å². The highest BCUT2D eigenvalue weighted by atomic mass is 35.5. The molecule has 112 valence electrons. The topological polar surface area (TPSA) is 58.4 Å². The average molecular weight is 300 g/mol. The fraction of sp³-hybridized carbons (Fsp3) is 0.714. The summed E-state index contributed by atoms with van der Waals surface area (Å²) in [5.41, 5.74) is 1.95. The average Bonchev–Trinajstić information content (AvgIpc) is 2.96. The molecule has 1 unspecified atom stereocenters. The van der Waals surface area contributed by atoms with E-state index in [-0.39, 0.29) is 6.42 Å². The van der Waals surface area contributed by atoms with Gasteiger partial charge in [0.05, 0.1) is 16.4 Å². The van der Waals surface area contributed by atoms with Crippen molar-refractivity contribution >= 4 is 17.6 Å². The number of rotatable bonds is 6. The molecule has 1 atom stereocenters. The zero-order chi connectivity index (χ0) is 14.7. The summed E-state index contributed by atoms with van der Waals surface area (Å²) >= 11 is 6.32. The molecule has 20 heavy (non-hydrogen) atoms. The van der Waals surface area contributed by atoms with Gasteiger partial charge >= 0.3 is 5.97 Å². The maximum atomic E-state index is 10.6. The summed E-state index contributed by atoms with van der Waals surface area (Å²) < 4.78 is 1.96. The van der Waals surface area contributed by atoms with Crippen molar-refractivity contribution in [3.63, 3.8) is 0 Å². The molecule has 2 rings (SSSR count). The van der Waals surface area contributed by atoms with Crippen LogP contribution in [0.2, 0.25) is 5.02 Å². The smallest absolute Gasteiger partial charge is 0.303 e. The van der Waals surface area contributed by atoms with Crippen molar-refractivity contribution in [2.45, 2.75) is 46.2 Å². The lowest BCUT2D eigenvalue weighted by atomic mass is 10.0. The molecule has 0 radical (unpaired) electrons. The predicted octanol–water partition coefficient (Wildman–Crippen LogP) is 2.55. The Kier molecular flexibility index (Phi) is 5.05. The van der Waals surface area contributed by atoms with Gasteiger partial charge in [0.2, 0.25) is 0 Å². The van der Waals surface area contributed by atoms with Crippen molar-refractivity contribution in [3.8, 4) is 0 Å². The summed E-state index contributed by atoms with van der Waals surface area (Å²) in [7, 11) is 0. The molecule has 0 amide bonds. The molecular weight excluding hydrogens is 278 g/mol. The Morgan fingerprint density at radius 2 is 2.30 bits per heavy atom. The van der Waals surface area contributed by atoms with Gasteiger partial charge in [-0.1, -0.05) is 11.6 Å². The molecule has 0 aliphatic carbocycles. The van der Waals surface area contributed by atoms with E-state index in [0.717, 1.165) is 55.4 Å². The number of nitrogens with zero attached hydrogens (tertiary/aromatic N) is 3. The first-order chi connectivity index (χ1) is 9.51. The van der Waals surface area contributed by atoms with Crippen LogP contribution in [0, 0.1) is 12.8 Å². The lowest BCUT2D eigenvalue weighted by Gasteiger charge is -2.17. The standard InChI is InChI=1S/C14H22ClN3O2/c1-3-18-12(14(15)10(2)16-18)9-17-7-6-11(8-17)4-5-13(19)20/h11H,3-9H2,1-2H3,(H,19,20). The second kappa shape index (κ2) is 6.59. The first-order valence-corrected chi connectivity index (χ1v) is 7.55. The monoisotopic (exact) mass is 299 g/mol. The molecule has 1 aromatic heterocycles. The van der Waals surface area contributed by atoms with Gasteiger partial charge < -0.3 is 5.11 Å². The third-order valence-electron chi connectivity index (χ3n) is 3.96. The van der Waals surface area contributed by atoms with Gasteiger partial charge in [0, 0.05) is 26.1 Å². The molecule has 1 aliphatic rings. The van der Waals surface area contributed by atoms with Crippen molar-refractivity contribution < 1.29 is 9.90 Å². The van der Waals surface area contributed by atoms with E-state index in [1.165, 1.54) is 0 Å². The molecule has 2 heterocycles. The van der Waals surface area contributed by atoms with Crippen LogP contribution in [0.15, 0.2) is 0 Å². The summed E-state index contributed by atoms with van der Waals surface area (Å²) in [4.78, 5) is 13.0. The van der Waals surface area contributed by atoms with Crippen LogP contribution in [0.5, 0.6) is 0 Å².